The van der Waals surface area contributed by atoms with Gasteiger partial charge in [0.05, 0.1) is 0 Å². The molecule has 1 aromatic rings. The van der Waals surface area contributed by atoms with Gasteiger partial charge in [-0.05, 0) is 37.1 Å². The number of nitrogens with zero attached hydrogens (tertiary/aromatic N) is 2. The van der Waals surface area contributed by atoms with E-state index in [1.54, 1.807) is 11.9 Å². The molecular weight excluding hydrogens is 216 g/mol. The Labute approximate surface area is 101 Å². The highest BCUT2D eigenvalue weighted by Gasteiger charge is 2.31. The summed E-state index contributed by atoms with van der Waals surface area (Å²) < 4.78 is 0. The van der Waals surface area contributed by atoms with Gasteiger partial charge in [0.25, 0.3) is 0 Å². The van der Waals surface area contributed by atoms with E-state index in [0.29, 0.717) is 13.1 Å². The van der Waals surface area contributed by atoms with E-state index in [9.17, 15) is 9.59 Å². The topological polar surface area (TPSA) is 40.6 Å². The largest absolute Gasteiger partial charge is 0.336 e. The maximum Gasteiger partial charge on any atom is 0.316 e. The lowest BCUT2D eigenvalue weighted by atomic mass is 10.1. The summed E-state index contributed by atoms with van der Waals surface area (Å²) >= 11 is 0. The second kappa shape index (κ2) is 4.20. The van der Waals surface area contributed by atoms with Crippen molar-refractivity contribution in [1.29, 1.82) is 0 Å². The smallest absolute Gasteiger partial charge is 0.316 e. The molecule has 0 aliphatic carbocycles. The van der Waals surface area contributed by atoms with Crippen molar-refractivity contribution in [3.8, 4) is 0 Å². The molecule has 0 N–H and O–H groups in total. The van der Waals surface area contributed by atoms with E-state index >= 15 is 0 Å². The Kier molecular flexibility index (Phi) is 2.88. The van der Waals surface area contributed by atoms with Gasteiger partial charge < -0.3 is 9.80 Å². The number of likely N-dealkylation sites (N-methyl/N-ethyl adjacent to an activating group) is 1. The highest BCUT2D eigenvalue weighted by atomic mass is 16.2. The molecule has 1 aromatic carbocycles. The summed E-state index contributed by atoms with van der Waals surface area (Å²) in [6.45, 7) is 5.11. The number of piperazine rings is 1. The van der Waals surface area contributed by atoms with Gasteiger partial charge >= 0.3 is 11.8 Å². The van der Waals surface area contributed by atoms with Crippen LogP contribution in [0.25, 0.3) is 0 Å². The van der Waals surface area contributed by atoms with Crippen LogP contribution in [0.15, 0.2) is 18.2 Å². The van der Waals surface area contributed by atoms with Gasteiger partial charge in [-0.2, -0.15) is 0 Å². The number of hydrogen-bond donors (Lipinski definition) is 0. The lowest BCUT2D eigenvalue weighted by Crippen LogP contribution is -2.53. The van der Waals surface area contributed by atoms with E-state index in [2.05, 4.69) is 0 Å². The standard InChI is InChI=1S/C13H16N2O2/c1-9-6-10(2)8-11(7-9)15-5-4-14(3)12(16)13(15)17/h6-8H,4-5H2,1-3H3. The maximum absolute atomic E-state index is 11.9. The van der Waals surface area contributed by atoms with Gasteiger partial charge in [0.15, 0.2) is 0 Å². The van der Waals surface area contributed by atoms with E-state index in [0.717, 1.165) is 16.8 Å². The minimum absolute atomic E-state index is 0.435. The molecular formula is C13H16N2O2. The van der Waals surface area contributed by atoms with E-state index < -0.39 is 11.8 Å². The second-order valence-electron chi connectivity index (χ2n) is 4.53. The molecule has 0 saturated carbocycles. The normalized spacial score (nSPS) is 16.6. The lowest BCUT2D eigenvalue weighted by Gasteiger charge is -2.31. The van der Waals surface area contributed by atoms with Crippen molar-refractivity contribution in [2.75, 3.05) is 25.0 Å². The fourth-order valence-electron chi connectivity index (χ4n) is 2.08. The summed E-state index contributed by atoms with van der Waals surface area (Å²) in [4.78, 5) is 26.5. The zero-order valence-electron chi connectivity index (χ0n) is 10.4. The zero-order chi connectivity index (χ0) is 12.6. The van der Waals surface area contributed by atoms with Gasteiger partial charge in [0.1, 0.15) is 0 Å². The number of amides is 2. The molecule has 0 bridgehead atoms. The monoisotopic (exact) mass is 232 g/mol. The second-order valence-corrected chi connectivity index (χ2v) is 4.53. The predicted octanol–water partition coefficient (Wildman–Crippen LogP) is 1.11. The van der Waals surface area contributed by atoms with Crippen LogP contribution in [0.1, 0.15) is 11.1 Å². The van der Waals surface area contributed by atoms with E-state index in [4.69, 9.17) is 0 Å². The molecule has 0 radical (unpaired) electrons. The van der Waals surface area contributed by atoms with Crippen molar-refractivity contribution in [1.82, 2.24) is 4.90 Å². The van der Waals surface area contributed by atoms with Crippen LogP contribution in [0.3, 0.4) is 0 Å². The summed E-state index contributed by atoms with van der Waals surface area (Å²) in [6.07, 6.45) is 0. The Hall–Kier alpha value is -1.84. The third-order valence-electron chi connectivity index (χ3n) is 2.95. The highest BCUT2D eigenvalue weighted by molar-refractivity contribution is 6.40. The first-order chi connectivity index (χ1) is 7.99. The Morgan fingerprint density at radius 1 is 0.941 bits per heavy atom. The number of carbonyl (C=O) groups is 2. The molecule has 0 atom stereocenters. The number of aryl methyl sites for hydroxylation is 2. The van der Waals surface area contributed by atoms with Crippen molar-refractivity contribution in [2.45, 2.75) is 13.8 Å². The molecule has 0 aromatic heterocycles. The maximum atomic E-state index is 11.9. The summed E-state index contributed by atoms with van der Waals surface area (Å²) in [7, 11) is 1.65. The van der Waals surface area contributed by atoms with Crippen molar-refractivity contribution in [3.05, 3.63) is 29.3 Å². The third kappa shape index (κ3) is 2.16. The molecule has 90 valence electrons. The first kappa shape index (κ1) is 11.6. The number of carbonyl (C=O) groups excluding carboxylic acids is 2. The van der Waals surface area contributed by atoms with Crippen molar-refractivity contribution < 1.29 is 9.59 Å². The quantitative estimate of drug-likeness (QED) is 0.680. The van der Waals surface area contributed by atoms with Gasteiger partial charge in [0, 0.05) is 25.8 Å². The van der Waals surface area contributed by atoms with Crippen LogP contribution < -0.4 is 4.90 Å². The fraction of sp³-hybridized carbons (Fsp3) is 0.385. The predicted molar refractivity (Wildman–Crippen MR) is 65.9 cm³/mol. The molecule has 4 nitrogen and oxygen atoms in total. The van der Waals surface area contributed by atoms with Crippen LogP contribution in [-0.2, 0) is 9.59 Å². The van der Waals surface area contributed by atoms with Crippen LogP contribution in [0, 0.1) is 13.8 Å². The molecule has 1 aliphatic rings. The molecule has 1 fully saturated rings. The van der Waals surface area contributed by atoms with Gasteiger partial charge in [-0.25, -0.2) is 0 Å². The summed E-state index contributed by atoms with van der Waals surface area (Å²) in [6, 6.07) is 5.92. The van der Waals surface area contributed by atoms with E-state index in [1.807, 2.05) is 32.0 Å². The van der Waals surface area contributed by atoms with E-state index in [-0.39, 0.29) is 0 Å². The number of benzene rings is 1. The Bertz CT molecular complexity index is 462. The van der Waals surface area contributed by atoms with Crippen molar-refractivity contribution in [3.63, 3.8) is 0 Å². The average molecular weight is 232 g/mol. The molecule has 2 amide bonds. The van der Waals surface area contributed by atoms with Crippen LogP contribution in [0.5, 0.6) is 0 Å². The molecule has 1 saturated heterocycles. The Morgan fingerprint density at radius 2 is 1.53 bits per heavy atom. The highest BCUT2D eigenvalue weighted by Crippen LogP contribution is 2.20. The Balaban J connectivity index is 2.34. The summed E-state index contributed by atoms with van der Waals surface area (Å²) in [5.74, 6) is -0.876. The third-order valence-corrected chi connectivity index (χ3v) is 2.95. The van der Waals surface area contributed by atoms with Crippen LogP contribution in [0.4, 0.5) is 5.69 Å². The van der Waals surface area contributed by atoms with Crippen molar-refractivity contribution in [2.24, 2.45) is 0 Å². The van der Waals surface area contributed by atoms with Gasteiger partial charge in [-0.1, -0.05) is 6.07 Å². The zero-order valence-corrected chi connectivity index (χ0v) is 10.4. The van der Waals surface area contributed by atoms with Gasteiger partial charge in [-0.3, -0.25) is 9.59 Å². The molecule has 1 aliphatic heterocycles. The minimum atomic E-state index is -0.441. The molecule has 4 heteroatoms. The number of hydrogen-bond acceptors (Lipinski definition) is 2. The Morgan fingerprint density at radius 3 is 2.12 bits per heavy atom. The van der Waals surface area contributed by atoms with Crippen LogP contribution in [0.2, 0.25) is 0 Å². The summed E-state index contributed by atoms with van der Waals surface area (Å²) in [5, 5.41) is 0. The molecule has 2 rings (SSSR count). The van der Waals surface area contributed by atoms with Gasteiger partial charge in [-0.15, -0.1) is 0 Å². The van der Waals surface area contributed by atoms with Crippen LogP contribution >= 0.6 is 0 Å². The molecule has 1 heterocycles. The first-order valence-corrected chi connectivity index (χ1v) is 5.64. The number of rotatable bonds is 1. The average Bonchev–Trinajstić information content (AvgIpc) is 2.24. The molecule has 17 heavy (non-hydrogen) atoms. The summed E-state index contributed by atoms with van der Waals surface area (Å²) in [5.41, 5.74) is 3.01. The van der Waals surface area contributed by atoms with E-state index in [1.165, 1.54) is 4.90 Å². The van der Waals surface area contributed by atoms with Crippen LogP contribution in [-0.4, -0.2) is 36.9 Å². The SMILES string of the molecule is Cc1cc(C)cc(N2CCN(C)C(=O)C2=O)c1. The van der Waals surface area contributed by atoms with Gasteiger partial charge in [0.2, 0.25) is 0 Å². The molecule has 0 unspecified atom stereocenters. The number of anilines is 1. The molecule has 0 spiro atoms. The lowest BCUT2D eigenvalue weighted by molar-refractivity contribution is -0.145. The minimum Gasteiger partial charge on any atom is -0.336 e. The fourth-order valence-corrected chi connectivity index (χ4v) is 2.08. The first-order valence-electron chi connectivity index (χ1n) is 5.64. The van der Waals surface area contributed by atoms with Crippen molar-refractivity contribution >= 4 is 17.5 Å².